The van der Waals surface area contributed by atoms with E-state index in [0.717, 1.165) is 45.1 Å². The molecule has 0 fully saturated rings. The van der Waals surface area contributed by atoms with Gasteiger partial charge in [0.1, 0.15) is 0 Å². The molecular weight excluding hydrogens is 342 g/mol. The Hall–Kier alpha value is -1.75. The fraction of sp³-hybridized carbons (Fsp3) is 0.409. The normalized spacial score (nSPS) is 12.9. The summed E-state index contributed by atoms with van der Waals surface area (Å²) in [6, 6.07) is 14.0. The standard InChI is InChI=1S/C22H27NO2S/c1-4-16(5-2)19(13-23-3)25-14-15-10-11-21-18(12-15)22(24)17-8-6-7-9-20(17)26-21/h6-12,16,19,23H,4-5,13-14H2,1-3H3. The summed E-state index contributed by atoms with van der Waals surface area (Å²) in [5.41, 5.74) is 1.17. The number of hydrogen-bond acceptors (Lipinski definition) is 4. The Balaban J connectivity index is 1.87. The Bertz CT molecular complexity index is 930. The number of hydrogen-bond donors (Lipinski definition) is 1. The topological polar surface area (TPSA) is 38.3 Å². The smallest absolute Gasteiger partial charge is 0.195 e. The van der Waals surface area contributed by atoms with Gasteiger partial charge >= 0.3 is 0 Å². The maximum Gasteiger partial charge on any atom is 0.195 e. The first kappa shape index (κ1) is 19.0. The van der Waals surface area contributed by atoms with Crippen LogP contribution in [0.4, 0.5) is 0 Å². The predicted octanol–water partition coefficient (Wildman–Crippen LogP) is 4.96. The van der Waals surface area contributed by atoms with Crippen LogP contribution in [0.15, 0.2) is 47.3 Å². The maximum absolute atomic E-state index is 12.8. The molecule has 0 aliphatic heterocycles. The van der Waals surface area contributed by atoms with E-state index in [9.17, 15) is 4.79 Å². The molecule has 1 unspecified atom stereocenters. The van der Waals surface area contributed by atoms with Crippen LogP contribution >= 0.6 is 11.3 Å². The zero-order valence-electron chi connectivity index (χ0n) is 15.7. The van der Waals surface area contributed by atoms with Crippen molar-refractivity contribution in [3.05, 3.63) is 58.3 Å². The van der Waals surface area contributed by atoms with Crippen LogP contribution in [-0.4, -0.2) is 19.7 Å². The van der Waals surface area contributed by atoms with Gasteiger partial charge in [0.05, 0.1) is 12.7 Å². The summed E-state index contributed by atoms with van der Waals surface area (Å²) in [5, 5.41) is 4.83. The van der Waals surface area contributed by atoms with Gasteiger partial charge in [-0.2, -0.15) is 0 Å². The van der Waals surface area contributed by atoms with Crippen molar-refractivity contribution in [3.8, 4) is 0 Å². The summed E-state index contributed by atoms with van der Waals surface area (Å²) in [7, 11) is 1.96. The first-order valence-corrected chi connectivity index (χ1v) is 10.2. The van der Waals surface area contributed by atoms with E-state index >= 15 is 0 Å². The largest absolute Gasteiger partial charge is 0.372 e. The Kier molecular flexibility index (Phi) is 6.41. The van der Waals surface area contributed by atoms with Gasteiger partial charge in [-0.15, -0.1) is 11.3 Å². The minimum Gasteiger partial charge on any atom is -0.372 e. The third-order valence-corrected chi connectivity index (χ3v) is 6.24. The zero-order chi connectivity index (χ0) is 18.5. The summed E-state index contributed by atoms with van der Waals surface area (Å²) in [6.45, 7) is 5.81. The van der Waals surface area contributed by atoms with Crippen LogP contribution in [0.3, 0.4) is 0 Å². The summed E-state index contributed by atoms with van der Waals surface area (Å²) < 4.78 is 8.30. The van der Waals surface area contributed by atoms with E-state index in [-0.39, 0.29) is 11.5 Å². The molecule has 0 aliphatic rings. The van der Waals surface area contributed by atoms with E-state index in [1.165, 1.54) is 0 Å². The number of benzene rings is 2. The van der Waals surface area contributed by atoms with Gasteiger partial charge in [0.2, 0.25) is 0 Å². The predicted molar refractivity (Wildman–Crippen MR) is 112 cm³/mol. The van der Waals surface area contributed by atoms with E-state index in [1.54, 1.807) is 11.3 Å². The molecular formula is C22H27NO2S. The second-order valence-corrected chi connectivity index (χ2v) is 7.83. The van der Waals surface area contributed by atoms with Crippen molar-refractivity contribution < 1.29 is 4.74 Å². The first-order chi connectivity index (χ1) is 12.7. The molecule has 2 aromatic carbocycles. The lowest BCUT2D eigenvalue weighted by molar-refractivity contribution is 0.000229. The van der Waals surface area contributed by atoms with Crippen LogP contribution in [-0.2, 0) is 11.3 Å². The Labute approximate surface area is 159 Å². The molecule has 0 aliphatic carbocycles. The molecule has 1 heterocycles. The highest BCUT2D eigenvalue weighted by Crippen LogP contribution is 2.26. The van der Waals surface area contributed by atoms with Crippen LogP contribution in [0.25, 0.3) is 20.2 Å². The number of rotatable bonds is 8. The number of likely N-dealkylation sites (N-methyl/N-ethyl adjacent to an activating group) is 1. The monoisotopic (exact) mass is 369 g/mol. The molecule has 1 N–H and O–H groups in total. The molecule has 138 valence electrons. The summed E-state index contributed by atoms with van der Waals surface area (Å²) >= 11 is 1.67. The third-order valence-electron chi connectivity index (χ3n) is 5.08. The van der Waals surface area contributed by atoms with Gasteiger partial charge in [0.25, 0.3) is 0 Å². The Morgan fingerprint density at radius 2 is 1.77 bits per heavy atom. The molecule has 0 amide bonds. The summed E-state index contributed by atoms with van der Waals surface area (Å²) in [4.78, 5) is 12.8. The molecule has 3 aromatic rings. The van der Waals surface area contributed by atoms with Crippen molar-refractivity contribution in [1.29, 1.82) is 0 Å². The molecule has 3 nitrogen and oxygen atoms in total. The van der Waals surface area contributed by atoms with Crippen molar-refractivity contribution in [3.63, 3.8) is 0 Å². The second-order valence-electron chi connectivity index (χ2n) is 6.74. The lowest BCUT2D eigenvalue weighted by Gasteiger charge is -2.25. The lowest BCUT2D eigenvalue weighted by atomic mass is 9.96. The van der Waals surface area contributed by atoms with Crippen LogP contribution in [0, 0.1) is 5.92 Å². The zero-order valence-corrected chi connectivity index (χ0v) is 16.6. The first-order valence-electron chi connectivity index (χ1n) is 9.38. The van der Waals surface area contributed by atoms with E-state index in [4.69, 9.17) is 4.74 Å². The van der Waals surface area contributed by atoms with Gasteiger partial charge in [-0.25, -0.2) is 0 Å². The highest BCUT2D eigenvalue weighted by molar-refractivity contribution is 7.24. The molecule has 1 aromatic heterocycles. The van der Waals surface area contributed by atoms with Gasteiger partial charge in [0, 0.05) is 26.7 Å². The van der Waals surface area contributed by atoms with Gasteiger partial charge < -0.3 is 10.1 Å². The molecule has 26 heavy (non-hydrogen) atoms. The van der Waals surface area contributed by atoms with Gasteiger partial charge in [-0.05, 0) is 42.8 Å². The molecule has 0 bridgehead atoms. The van der Waals surface area contributed by atoms with E-state index in [0.29, 0.717) is 12.5 Å². The molecule has 1 atom stereocenters. The van der Waals surface area contributed by atoms with Gasteiger partial charge in [-0.3, -0.25) is 4.79 Å². The van der Waals surface area contributed by atoms with Crippen molar-refractivity contribution in [2.75, 3.05) is 13.6 Å². The van der Waals surface area contributed by atoms with Crippen LogP contribution in [0.1, 0.15) is 32.3 Å². The quantitative estimate of drug-likeness (QED) is 0.571. The molecule has 3 rings (SSSR count). The van der Waals surface area contributed by atoms with Crippen LogP contribution in [0.2, 0.25) is 0 Å². The SMILES string of the molecule is CCC(CC)C(CNC)OCc1ccc2sc3ccccc3c(=O)c2c1. The summed E-state index contributed by atoms with van der Waals surface area (Å²) in [6.07, 6.45) is 2.41. The molecule has 0 radical (unpaired) electrons. The van der Waals surface area contributed by atoms with Crippen molar-refractivity contribution >= 4 is 31.5 Å². The second kappa shape index (κ2) is 8.76. The summed E-state index contributed by atoms with van der Waals surface area (Å²) in [5.74, 6) is 0.546. The Morgan fingerprint density at radius 3 is 2.50 bits per heavy atom. The van der Waals surface area contributed by atoms with Crippen LogP contribution < -0.4 is 10.7 Å². The van der Waals surface area contributed by atoms with E-state index in [2.05, 4.69) is 31.3 Å². The van der Waals surface area contributed by atoms with E-state index < -0.39 is 0 Å². The fourth-order valence-corrected chi connectivity index (χ4v) is 4.57. The molecule has 0 saturated carbocycles. The fourth-order valence-electron chi connectivity index (χ4n) is 3.52. The minimum atomic E-state index is 0.114. The number of nitrogens with one attached hydrogen (secondary N) is 1. The van der Waals surface area contributed by atoms with Gasteiger partial charge in [0.15, 0.2) is 5.43 Å². The Morgan fingerprint density at radius 1 is 1.04 bits per heavy atom. The average Bonchev–Trinajstić information content (AvgIpc) is 2.67. The minimum absolute atomic E-state index is 0.114. The number of ether oxygens (including phenoxy) is 1. The molecule has 0 saturated heterocycles. The van der Waals surface area contributed by atoms with Crippen molar-refractivity contribution in [2.24, 2.45) is 5.92 Å². The highest BCUT2D eigenvalue weighted by Gasteiger charge is 2.18. The maximum atomic E-state index is 12.8. The average molecular weight is 370 g/mol. The van der Waals surface area contributed by atoms with Crippen molar-refractivity contribution in [1.82, 2.24) is 5.32 Å². The van der Waals surface area contributed by atoms with Gasteiger partial charge in [-0.1, -0.05) is 44.9 Å². The van der Waals surface area contributed by atoms with E-state index in [1.807, 2.05) is 37.4 Å². The number of fused-ring (bicyclic) bond motifs is 2. The van der Waals surface area contributed by atoms with Crippen LogP contribution in [0.5, 0.6) is 0 Å². The lowest BCUT2D eigenvalue weighted by Crippen LogP contribution is -2.33. The highest BCUT2D eigenvalue weighted by atomic mass is 32.1. The molecule has 0 spiro atoms. The van der Waals surface area contributed by atoms with Crippen molar-refractivity contribution in [2.45, 2.75) is 39.4 Å². The third kappa shape index (κ3) is 3.98. The molecule has 4 heteroatoms.